The van der Waals surface area contributed by atoms with Gasteiger partial charge in [0.2, 0.25) is 0 Å². The molecule has 0 aliphatic rings. The van der Waals surface area contributed by atoms with E-state index in [9.17, 15) is 0 Å². The molecule has 0 saturated carbocycles. The van der Waals surface area contributed by atoms with Crippen molar-refractivity contribution >= 4 is 0 Å². The van der Waals surface area contributed by atoms with Crippen LogP contribution in [0.15, 0.2) is 12.7 Å². The molecule has 2 aromatic heterocycles. The Morgan fingerprint density at radius 3 is 1.36 bits per heavy atom. The zero-order valence-electron chi connectivity index (χ0n) is 5.14. The fraction of sp³-hybridized carbons (Fsp3) is 0. The summed E-state index contributed by atoms with van der Waals surface area (Å²) in [6.07, 6.45) is 2.67. The number of aromatic amines is 2. The Balaban J connectivity index is 0.000000167. The Morgan fingerprint density at radius 1 is 0.818 bits per heavy atom. The topological polar surface area (TPSA) is 109 Å². The van der Waals surface area contributed by atoms with Crippen LogP contribution in [0.2, 0.25) is 0 Å². The molecule has 8 nitrogen and oxygen atoms in total. The van der Waals surface area contributed by atoms with Crippen molar-refractivity contribution < 1.29 is 17.1 Å². The van der Waals surface area contributed by atoms with Gasteiger partial charge in [-0.25, -0.2) is 0 Å². The number of tetrazole rings is 2. The Labute approximate surface area is 71.6 Å². The number of nitrogens with zero attached hydrogens (tertiary/aromatic N) is 6. The molecule has 2 heterocycles. The minimum atomic E-state index is 0. The van der Waals surface area contributed by atoms with Crippen molar-refractivity contribution in [2.75, 3.05) is 0 Å². The van der Waals surface area contributed by atoms with E-state index in [0.717, 1.165) is 0 Å². The monoisotopic (exact) mass is 203 g/mol. The molecule has 0 saturated heterocycles. The maximum absolute atomic E-state index is 3.38. The molecule has 1 radical (unpaired) electrons. The summed E-state index contributed by atoms with van der Waals surface area (Å²) in [5.74, 6) is 0. The molecule has 2 N–H and O–H groups in total. The van der Waals surface area contributed by atoms with Gasteiger partial charge < -0.3 is 0 Å². The van der Waals surface area contributed by atoms with Gasteiger partial charge >= 0.3 is 0 Å². The summed E-state index contributed by atoms with van der Waals surface area (Å²) in [5, 5.41) is 24.3. The Morgan fingerprint density at radius 2 is 1.27 bits per heavy atom. The second kappa shape index (κ2) is 6.77. The van der Waals surface area contributed by atoms with Crippen LogP contribution < -0.4 is 0 Å². The summed E-state index contributed by atoms with van der Waals surface area (Å²) in [5.41, 5.74) is 0. The van der Waals surface area contributed by atoms with Crippen LogP contribution in [0.5, 0.6) is 0 Å². The summed E-state index contributed by atoms with van der Waals surface area (Å²) in [4.78, 5) is 0. The van der Waals surface area contributed by atoms with Crippen LogP contribution in [0.4, 0.5) is 0 Å². The van der Waals surface area contributed by atoms with Crippen molar-refractivity contribution in [3.05, 3.63) is 12.7 Å². The fourth-order valence-electron chi connectivity index (χ4n) is 0.258. The van der Waals surface area contributed by atoms with E-state index in [1.807, 2.05) is 0 Å². The number of rotatable bonds is 0. The normalized spacial score (nSPS) is 7.27. The minimum absolute atomic E-state index is 0. The van der Waals surface area contributed by atoms with Gasteiger partial charge in [-0.2, -0.15) is 10.4 Å². The van der Waals surface area contributed by atoms with Gasteiger partial charge in [-0.05, 0) is 0 Å². The third-order valence-electron chi connectivity index (χ3n) is 0.539. The number of hydrogen-bond acceptors (Lipinski definition) is 6. The van der Waals surface area contributed by atoms with E-state index in [1.165, 1.54) is 12.7 Å². The smallest absolute Gasteiger partial charge is 0.161 e. The summed E-state index contributed by atoms with van der Waals surface area (Å²) in [6, 6.07) is 0. The first-order chi connectivity index (χ1) is 5.00. The van der Waals surface area contributed by atoms with Crippen molar-refractivity contribution in [1.29, 1.82) is 0 Å². The molecule has 0 amide bonds. The largest absolute Gasteiger partial charge is 0.177 e. The Hall–Kier alpha value is -1.34. The van der Waals surface area contributed by atoms with Crippen molar-refractivity contribution in [3.63, 3.8) is 0 Å². The Bertz CT molecular complexity index is 151. The third-order valence-corrected chi connectivity index (χ3v) is 0.539. The minimum Gasteiger partial charge on any atom is -0.177 e. The zero-order valence-corrected chi connectivity index (χ0v) is 6.08. The standard InChI is InChI=1S/2CH2N4.Cu/c2*1-2-4-5-3-1;/h2*1H,(H,2,3,4,5);. The molecule has 0 bridgehead atoms. The molecule has 0 atom stereocenters. The SMILES string of the molecule is [Cu].c1nn[nH]n1.c1nn[nH]n1. The van der Waals surface area contributed by atoms with E-state index in [4.69, 9.17) is 0 Å². The van der Waals surface area contributed by atoms with Crippen LogP contribution in [-0.4, -0.2) is 41.2 Å². The van der Waals surface area contributed by atoms with Gasteiger partial charge in [-0.1, -0.05) is 10.4 Å². The van der Waals surface area contributed by atoms with E-state index in [1.54, 1.807) is 0 Å². The predicted octanol–water partition coefficient (Wildman–Crippen LogP) is -1.60. The fourth-order valence-corrected chi connectivity index (χ4v) is 0.258. The molecule has 2 rings (SSSR count). The molecule has 0 unspecified atom stereocenters. The molecule has 0 spiro atoms. The number of nitrogens with one attached hydrogen (secondary N) is 2. The van der Waals surface area contributed by atoms with Gasteiger partial charge in [0.1, 0.15) is 0 Å². The number of hydrogen-bond donors (Lipinski definition) is 2. The van der Waals surface area contributed by atoms with Crippen molar-refractivity contribution in [2.24, 2.45) is 0 Å². The first-order valence-electron chi connectivity index (χ1n) is 2.33. The average molecular weight is 204 g/mol. The molecule has 0 aromatic carbocycles. The Kier molecular flexibility index (Phi) is 5.95. The number of H-pyrrole nitrogens is 2. The molecule has 0 fully saturated rings. The summed E-state index contributed by atoms with van der Waals surface area (Å²) in [6.45, 7) is 0. The molecule has 9 heteroatoms. The van der Waals surface area contributed by atoms with Crippen molar-refractivity contribution in [3.8, 4) is 0 Å². The van der Waals surface area contributed by atoms with Gasteiger partial charge in [0.25, 0.3) is 0 Å². The van der Waals surface area contributed by atoms with Gasteiger partial charge in [-0.3, -0.25) is 0 Å². The van der Waals surface area contributed by atoms with Gasteiger partial charge in [0, 0.05) is 17.1 Å². The van der Waals surface area contributed by atoms with Crippen LogP contribution in [0.3, 0.4) is 0 Å². The molecule has 11 heavy (non-hydrogen) atoms. The van der Waals surface area contributed by atoms with Crippen LogP contribution in [-0.2, 0) is 17.1 Å². The maximum atomic E-state index is 3.38. The first kappa shape index (κ1) is 9.66. The second-order valence-electron chi connectivity index (χ2n) is 1.12. The summed E-state index contributed by atoms with van der Waals surface area (Å²) >= 11 is 0. The van der Waals surface area contributed by atoms with Gasteiger partial charge in [0.05, 0.1) is 0 Å². The quantitative estimate of drug-likeness (QED) is 0.499. The van der Waals surface area contributed by atoms with Crippen molar-refractivity contribution in [2.45, 2.75) is 0 Å². The predicted molar refractivity (Wildman–Crippen MR) is 28.4 cm³/mol. The molecule has 63 valence electrons. The van der Waals surface area contributed by atoms with E-state index < -0.39 is 0 Å². The molecular formula is C2H4CuN8. The van der Waals surface area contributed by atoms with E-state index >= 15 is 0 Å². The first-order valence-corrected chi connectivity index (χ1v) is 2.33. The molecular weight excluding hydrogens is 200 g/mol. The summed E-state index contributed by atoms with van der Waals surface area (Å²) < 4.78 is 0. The van der Waals surface area contributed by atoms with Crippen molar-refractivity contribution in [1.82, 2.24) is 41.2 Å². The van der Waals surface area contributed by atoms with Crippen LogP contribution in [0, 0.1) is 0 Å². The maximum Gasteiger partial charge on any atom is 0.161 e. The van der Waals surface area contributed by atoms with E-state index in [-0.39, 0.29) is 17.1 Å². The average Bonchev–Trinajstić information content (AvgIpc) is 2.67. The van der Waals surface area contributed by atoms with Gasteiger partial charge in [-0.15, -0.1) is 20.4 Å². The third kappa shape index (κ3) is 5.12. The number of aromatic nitrogens is 8. The van der Waals surface area contributed by atoms with Crippen LogP contribution >= 0.6 is 0 Å². The summed E-state index contributed by atoms with van der Waals surface area (Å²) in [7, 11) is 0. The van der Waals surface area contributed by atoms with Gasteiger partial charge in [0.15, 0.2) is 12.7 Å². The van der Waals surface area contributed by atoms with E-state index in [0.29, 0.717) is 0 Å². The van der Waals surface area contributed by atoms with Crippen LogP contribution in [0.25, 0.3) is 0 Å². The molecule has 0 aliphatic carbocycles. The zero-order chi connectivity index (χ0) is 7.07. The molecule has 2 aromatic rings. The molecule has 0 aliphatic heterocycles. The van der Waals surface area contributed by atoms with E-state index in [2.05, 4.69) is 41.2 Å². The second-order valence-corrected chi connectivity index (χ2v) is 1.12. The van der Waals surface area contributed by atoms with Crippen LogP contribution in [0.1, 0.15) is 0 Å².